The van der Waals surface area contributed by atoms with Crippen LogP contribution in [-0.4, -0.2) is 28.9 Å². The number of carbonyl (C=O) groups is 3. The molecule has 0 saturated carbocycles. The smallest absolute Gasteiger partial charge is 0.339 e. The summed E-state index contributed by atoms with van der Waals surface area (Å²) in [6, 6.07) is 52.2. The van der Waals surface area contributed by atoms with Gasteiger partial charge in [-0.15, -0.1) is 0 Å². The molecule has 0 radical (unpaired) electrons. The van der Waals surface area contributed by atoms with Crippen LogP contribution in [0, 0.1) is 0 Å². The molecule has 0 aliphatic heterocycles. The molecule has 0 amide bonds. The van der Waals surface area contributed by atoms with Gasteiger partial charge in [0, 0.05) is 0 Å². The van der Waals surface area contributed by atoms with Crippen molar-refractivity contribution in [2.45, 2.75) is 52.3 Å². The van der Waals surface area contributed by atoms with Gasteiger partial charge in [-0.25, -0.2) is 9.59 Å². The molecule has 312 valence electrons. The topological polar surface area (TPSA) is 118 Å². The highest BCUT2D eigenvalue weighted by molar-refractivity contribution is 6.19. The van der Waals surface area contributed by atoms with E-state index in [2.05, 4.69) is 0 Å². The minimum Gasteiger partial charge on any atom is -0.508 e. The number of hydrogen-bond donors (Lipinski definition) is 1. The van der Waals surface area contributed by atoms with Crippen LogP contribution in [-0.2, 0) is 42.3 Å². The molecular weight excluding hydrogens is 781 g/mol. The predicted molar refractivity (Wildman–Crippen MR) is 236 cm³/mol. The van der Waals surface area contributed by atoms with Crippen molar-refractivity contribution >= 4 is 17.7 Å². The molecule has 0 bridgehead atoms. The Kier molecular flexibility index (Phi) is 14.4. The van der Waals surface area contributed by atoms with Crippen LogP contribution in [0.4, 0.5) is 0 Å². The second kappa shape index (κ2) is 21.0. The summed E-state index contributed by atoms with van der Waals surface area (Å²) in [6.07, 6.45) is 0.643. The molecule has 0 fully saturated rings. The van der Waals surface area contributed by atoms with Gasteiger partial charge in [0.05, 0.1) is 22.8 Å². The lowest BCUT2D eigenvalue weighted by molar-refractivity contribution is 0.0323. The second-order valence-corrected chi connectivity index (χ2v) is 14.7. The van der Waals surface area contributed by atoms with Crippen LogP contribution in [0.25, 0.3) is 0 Å². The fraction of sp³-hybridized carbons (Fsp3) is 0.151. The normalized spacial score (nSPS) is 11.2. The Hall–Kier alpha value is -7.65. The number of aromatic hydroxyl groups is 1. The first-order chi connectivity index (χ1) is 30.3. The number of aryl methyl sites for hydroxylation is 1. The number of esters is 2. The van der Waals surface area contributed by atoms with Gasteiger partial charge < -0.3 is 28.8 Å². The van der Waals surface area contributed by atoms with Crippen LogP contribution in [0.15, 0.2) is 176 Å². The standard InChI is InChI=1S/C53H46O9/c1-37(25-26-38-27-29-44(54)30-28-38)62-52(56)43-31-47(59-34-40-17-8-3-9-18-40)50(48(32-43)60-35-41-19-10-4-11-20-41)51(55)49-45(53(57)61-36-42-21-12-5-13-22-42)23-14-24-46(49)58-33-39-15-6-2-7-16-39/h2-24,27-32,37,54H,25-26,33-36H2,1H3. The minimum atomic E-state index is -0.734. The van der Waals surface area contributed by atoms with Gasteiger partial charge in [0.2, 0.25) is 5.78 Å². The van der Waals surface area contributed by atoms with Crippen LogP contribution in [0.1, 0.15) is 77.8 Å². The van der Waals surface area contributed by atoms with Gasteiger partial charge in [0.15, 0.2) is 0 Å². The summed E-state index contributed by atoms with van der Waals surface area (Å²) in [4.78, 5) is 43.5. The molecule has 1 atom stereocenters. The van der Waals surface area contributed by atoms with Crippen molar-refractivity contribution in [2.24, 2.45) is 0 Å². The zero-order valence-electron chi connectivity index (χ0n) is 34.3. The molecule has 0 saturated heterocycles. The number of benzene rings is 7. The third-order valence-corrected chi connectivity index (χ3v) is 10.0. The Morgan fingerprint density at radius 3 is 1.45 bits per heavy atom. The average Bonchev–Trinajstić information content (AvgIpc) is 3.31. The minimum absolute atomic E-state index is 0.0227. The molecule has 62 heavy (non-hydrogen) atoms. The van der Waals surface area contributed by atoms with Crippen molar-refractivity contribution in [3.63, 3.8) is 0 Å². The first-order valence-electron chi connectivity index (χ1n) is 20.4. The van der Waals surface area contributed by atoms with Crippen LogP contribution in [0.3, 0.4) is 0 Å². The van der Waals surface area contributed by atoms with Crippen molar-refractivity contribution in [1.82, 2.24) is 0 Å². The fourth-order valence-corrected chi connectivity index (χ4v) is 6.69. The van der Waals surface area contributed by atoms with E-state index < -0.39 is 23.8 Å². The SMILES string of the molecule is CC(CCc1ccc(O)cc1)OC(=O)c1cc(OCc2ccccc2)c(C(=O)c2c(OCc3ccccc3)cccc2C(=O)OCc2ccccc2)c(OCc2ccccc2)c1. The number of rotatable bonds is 19. The zero-order chi connectivity index (χ0) is 43.1. The van der Waals surface area contributed by atoms with Gasteiger partial charge in [0.25, 0.3) is 0 Å². The van der Waals surface area contributed by atoms with Crippen LogP contribution >= 0.6 is 0 Å². The molecule has 1 N–H and O–H groups in total. The zero-order valence-corrected chi connectivity index (χ0v) is 34.3. The summed E-state index contributed by atoms with van der Waals surface area (Å²) >= 11 is 0. The lowest BCUT2D eigenvalue weighted by Crippen LogP contribution is -2.19. The van der Waals surface area contributed by atoms with Crippen molar-refractivity contribution in [3.8, 4) is 23.0 Å². The summed E-state index contributed by atoms with van der Waals surface area (Å²) in [6.45, 7) is 1.97. The third kappa shape index (κ3) is 11.5. The average molecular weight is 827 g/mol. The number of phenolic OH excluding ortho intramolecular Hbond substituents is 1. The summed E-state index contributed by atoms with van der Waals surface area (Å²) in [5, 5.41) is 9.69. The molecule has 0 aliphatic rings. The predicted octanol–water partition coefficient (Wildman–Crippen LogP) is 10.9. The van der Waals surface area contributed by atoms with Crippen LogP contribution in [0.5, 0.6) is 23.0 Å². The Bertz CT molecular complexity index is 2490. The largest absolute Gasteiger partial charge is 0.508 e. The highest BCUT2D eigenvalue weighted by Gasteiger charge is 2.31. The Morgan fingerprint density at radius 1 is 0.484 bits per heavy atom. The highest BCUT2D eigenvalue weighted by Crippen LogP contribution is 2.38. The molecular formula is C53H46O9. The molecule has 7 aromatic carbocycles. The number of ether oxygens (including phenoxy) is 5. The van der Waals surface area contributed by atoms with Crippen LogP contribution < -0.4 is 14.2 Å². The monoisotopic (exact) mass is 826 g/mol. The van der Waals surface area contributed by atoms with E-state index in [0.717, 1.165) is 27.8 Å². The van der Waals surface area contributed by atoms with E-state index in [1.165, 1.54) is 18.2 Å². The molecule has 0 heterocycles. The quantitative estimate of drug-likeness (QED) is 0.0628. The van der Waals surface area contributed by atoms with Crippen molar-refractivity contribution in [2.75, 3.05) is 0 Å². The van der Waals surface area contributed by atoms with E-state index in [4.69, 9.17) is 23.7 Å². The Labute approximate surface area is 361 Å². The summed E-state index contributed by atoms with van der Waals surface area (Å²) < 4.78 is 31.0. The molecule has 0 aromatic heterocycles. The van der Waals surface area contributed by atoms with E-state index in [1.807, 2.05) is 133 Å². The third-order valence-electron chi connectivity index (χ3n) is 10.0. The summed E-state index contributed by atoms with van der Waals surface area (Å²) in [5.74, 6) is -1.64. The lowest BCUT2D eigenvalue weighted by atomic mass is 9.94. The van der Waals surface area contributed by atoms with Crippen LogP contribution in [0.2, 0.25) is 0 Å². The maximum Gasteiger partial charge on any atom is 0.339 e. The van der Waals surface area contributed by atoms with Gasteiger partial charge in [0.1, 0.15) is 55.0 Å². The van der Waals surface area contributed by atoms with Gasteiger partial charge in [-0.1, -0.05) is 140 Å². The van der Waals surface area contributed by atoms with Gasteiger partial charge in [-0.05, 0) is 84.0 Å². The number of ketones is 1. The van der Waals surface area contributed by atoms with E-state index in [-0.39, 0.29) is 71.7 Å². The van der Waals surface area contributed by atoms with Gasteiger partial charge in [-0.3, -0.25) is 4.79 Å². The first-order valence-corrected chi connectivity index (χ1v) is 20.4. The van der Waals surface area contributed by atoms with Crippen molar-refractivity contribution in [3.05, 3.63) is 226 Å². The number of phenols is 1. The summed E-state index contributed by atoms with van der Waals surface area (Å²) in [7, 11) is 0. The van der Waals surface area contributed by atoms with E-state index in [1.54, 1.807) is 31.2 Å². The molecule has 7 aromatic rings. The fourth-order valence-electron chi connectivity index (χ4n) is 6.69. The molecule has 1 unspecified atom stereocenters. The number of hydrogen-bond acceptors (Lipinski definition) is 9. The van der Waals surface area contributed by atoms with Gasteiger partial charge in [-0.2, -0.15) is 0 Å². The molecule has 7 rings (SSSR count). The van der Waals surface area contributed by atoms with Crippen molar-refractivity contribution < 1.29 is 43.2 Å². The first kappa shape index (κ1) is 42.5. The summed E-state index contributed by atoms with van der Waals surface area (Å²) in [5.41, 5.74) is 4.22. The maximum absolute atomic E-state index is 15.5. The van der Waals surface area contributed by atoms with E-state index in [0.29, 0.717) is 12.8 Å². The molecule has 0 aliphatic carbocycles. The lowest BCUT2D eigenvalue weighted by Gasteiger charge is -2.21. The van der Waals surface area contributed by atoms with E-state index in [9.17, 15) is 14.7 Å². The second-order valence-electron chi connectivity index (χ2n) is 14.7. The molecule has 9 heteroatoms. The molecule has 0 spiro atoms. The maximum atomic E-state index is 15.5. The Morgan fingerprint density at radius 2 is 0.952 bits per heavy atom. The molecule has 9 nitrogen and oxygen atoms in total. The Balaban J connectivity index is 1.30. The number of carbonyl (C=O) groups excluding carboxylic acids is 3. The van der Waals surface area contributed by atoms with Crippen molar-refractivity contribution in [1.29, 1.82) is 0 Å². The highest BCUT2D eigenvalue weighted by atomic mass is 16.5. The van der Waals surface area contributed by atoms with Gasteiger partial charge >= 0.3 is 11.9 Å². The van der Waals surface area contributed by atoms with E-state index >= 15 is 4.79 Å².